The van der Waals surface area contributed by atoms with Crippen molar-refractivity contribution in [2.24, 2.45) is 5.92 Å². The predicted molar refractivity (Wildman–Crippen MR) is 71.1 cm³/mol. The summed E-state index contributed by atoms with van der Waals surface area (Å²) in [5.41, 5.74) is 1.85. The smallest absolute Gasteiger partial charge is 0.120 e. The number of aliphatic hydroxyl groups excluding tert-OH is 1. The van der Waals surface area contributed by atoms with Gasteiger partial charge in [-0.25, -0.2) is 0 Å². The topological polar surface area (TPSA) is 52.9 Å². The molecular weight excluding hydrogens is 230 g/mol. The van der Waals surface area contributed by atoms with Gasteiger partial charge >= 0.3 is 0 Å². The first-order valence-corrected chi connectivity index (χ1v) is 6.41. The number of benzene rings is 1. The van der Waals surface area contributed by atoms with E-state index < -0.39 is 0 Å². The molecule has 0 radical (unpaired) electrons. The van der Waals surface area contributed by atoms with Crippen LogP contribution in [0.15, 0.2) is 18.2 Å². The van der Waals surface area contributed by atoms with Gasteiger partial charge in [-0.3, -0.25) is 0 Å². The summed E-state index contributed by atoms with van der Waals surface area (Å²) >= 11 is 0. The summed E-state index contributed by atoms with van der Waals surface area (Å²) in [5, 5.41) is 18.8. The minimum absolute atomic E-state index is 0.0620. The average molecular weight is 251 g/mol. The molecule has 2 N–H and O–H groups in total. The number of anilines is 1. The molecule has 0 saturated carbocycles. The van der Waals surface area contributed by atoms with Crippen molar-refractivity contribution in [2.75, 3.05) is 38.3 Å². The summed E-state index contributed by atoms with van der Waals surface area (Å²) in [6, 6.07) is 5.70. The highest BCUT2D eigenvalue weighted by Crippen LogP contribution is 2.29. The first-order chi connectivity index (χ1) is 8.74. The van der Waals surface area contributed by atoms with E-state index in [9.17, 15) is 5.11 Å². The predicted octanol–water partition coefficient (Wildman–Crippen LogP) is 1.40. The summed E-state index contributed by atoms with van der Waals surface area (Å²) in [4.78, 5) is 2.27. The zero-order chi connectivity index (χ0) is 13.0. The zero-order valence-electron chi connectivity index (χ0n) is 10.8. The molecule has 0 aliphatic carbocycles. The minimum atomic E-state index is 0.0620. The fraction of sp³-hybridized carbons (Fsp3) is 0.571. The van der Waals surface area contributed by atoms with Gasteiger partial charge in [0, 0.05) is 44.5 Å². The third kappa shape index (κ3) is 2.94. The van der Waals surface area contributed by atoms with Gasteiger partial charge in [-0.2, -0.15) is 0 Å². The van der Waals surface area contributed by atoms with Gasteiger partial charge in [0.2, 0.25) is 0 Å². The highest BCUT2D eigenvalue weighted by atomic mass is 16.5. The molecule has 1 heterocycles. The van der Waals surface area contributed by atoms with Crippen LogP contribution in [0.5, 0.6) is 5.75 Å². The molecule has 0 amide bonds. The lowest BCUT2D eigenvalue weighted by atomic mass is 10.1. The molecule has 1 aromatic carbocycles. The third-order valence-corrected chi connectivity index (χ3v) is 3.50. The summed E-state index contributed by atoms with van der Waals surface area (Å²) in [6.45, 7) is 2.84. The number of hydrogen-bond donors (Lipinski definition) is 2. The molecule has 2 rings (SSSR count). The molecule has 1 fully saturated rings. The second-order valence-corrected chi connectivity index (χ2v) is 4.84. The van der Waals surface area contributed by atoms with Crippen molar-refractivity contribution in [1.82, 2.24) is 0 Å². The second-order valence-electron chi connectivity index (χ2n) is 4.84. The van der Waals surface area contributed by atoms with E-state index >= 15 is 0 Å². The number of methoxy groups -OCH3 is 1. The second kappa shape index (κ2) is 6.07. The fourth-order valence-corrected chi connectivity index (χ4v) is 2.52. The number of nitrogens with zero attached hydrogens (tertiary/aromatic N) is 1. The van der Waals surface area contributed by atoms with Crippen molar-refractivity contribution in [2.45, 2.75) is 12.8 Å². The molecule has 1 aliphatic heterocycles. The van der Waals surface area contributed by atoms with Gasteiger partial charge in [0.15, 0.2) is 0 Å². The van der Waals surface area contributed by atoms with Crippen molar-refractivity contribution in [3.05, 3.63) is 23.8 Å². The van der Waals surface area contributed by atoms with Crippen molar-refractivity contribution >= 4 is 5.69 Å². The normalized spacial score (nSPS) is 19.4. The molecule has 1 aliphatic rings. The highest BCUT2D eigenvalue weighted by molar-refractivity contribution is 5.54. The maximum absolute atomic E-state index is 9.89. The molecule has 0 spiro atoms. The number of aromatic hydroxyl groups is 1. The van der Waals surface area contributed by atoms with Crippen molar-refractivity contribution in [1.29, 1.82) is 0 Å². The molecule has 0 bridgehead atoms. The van der Waals surface area contributed by atoms with Gasteiger partial charge in [-0.05, 0) is 24.5 Å². The molecule has 4 heteroatoms. The van der Waals surface area contributed by atoms with E-state index in [0.29, 0.717) is 12.3 Å². The molecule has 1 atom stereocenters. The molecule has 18 heavy (non-hydrogen) atoms. The summed E-state index contributed by atoms with van der Waals surface area (Å²) < 4.78 is 5.18. The fourth-order valence-electron chi connectivity index (χ4n) is 2.52. The Hall–Kier alpha value is -1.26. The lowest BCUT2D eigenvalue weighted by molar-refractivity contribution is 0.161. The molecule has 100 valence electrons. The number of ether oxygens (including phenoxy) is 1. The molecular formula is C14H21NO3. The van der Waals surface area contributed by atoms with Gasteiger partial charge in [0.1, 0.15) is 5.75 Å². The summed E-state index contributed by atoms with van der Waals surface area (Å²) in [5.74, 6) is 0.853. The van der Waals surface area contributed by atoms with Gasteiger partial charge in [0.05, 0.1) is 6.61 Å². The molecule has 1 saturated heterocycles. The number of rotatable bonds is 5. The van der Waals surface area contributed by atoms with Gasteiger partial charge in [-0.1, -0.05) is 6.07 Å². The molecule has 0 aromatic heterocycles. The highest BCUT2D eigenvalue weighted by Gasteiger charge is 2.22. The van der Waals surface area contributed by atoms with Crippen LogP contribution in [0.25, 0.3) is 0 Å². The van der Waals surface area contributed by atoms with Crippen LogP contribution in [0, 0.1) is 5.92 Å². The Labute approximate surface area is 108 Å². The van der Waals surface area contributed by atoms with E-state index in [1.54, 1.807) is 13.2 Å². The number of phenols is 1. The lowest BCUT2D eigenvalue weighted by Crippen LogP contribution is -2.20. The Bertz CT molecular complexity index is 395. The Balaban J connectivity index is 2.04. The van der Waals surface area contributed by atoms with Crippen molar-refractivity contribution < 1.29 is 14.9 Å². The van der Waals surface area contributed by atoms with E-state index in [2.05, 4.69) is 4.90 Å². The van der Waals surface area contributed by atoms with Crippen LogP contribution in [-0.2, 0) is 11.2 Å². The quantitative estimate of drug-likeness (QED) is 0.830. The van der Waals surface area contributed by atoms with Crippen LogP contribution < -0.4 is 4.90 Å². The first-order valence-electron chi connectivity index (χ1n) is 6.41. The number of aliphatic hydroxyl groups is 1. The average Bonchev–Trinajstić information content (AvgIpc) is 2.81. The van der Waals surface area contributed by atoms with E-state index in [0.717, 1.165) is 37.4 Å². The van der Waals surface area contributed by atoms with Gasteiger partial charge in [-0.15, -0.1) is 0 Å². The SMILES string of the molecule is COCC1CCN(c2ccc(CCO)c(O)c2)C1. The standard InChI is InChI=1S/C14H21NO3/c1-18-10-11-4-6-15(9-11)13-3-2-12(5-7-16)14(17)8-13/h2-3,8,11,16-17H,4-7,9-10H2,1H3. The van der Waals surface area contributed by atoms with Crippen LogP contribution in [0.3, 0.4) is 0 Å². The van der Waals surface area contributed by atoms with E-state index in [-0.39, 0.29) is 12.4 Å². The van der Waals surface area contributed by atoms with E-state index in [1.807, 2.05) is 12.1 Å². The molecule has 1 unspecified atom stereocenters. The Morgan fingerprint density at radius 2 is 2.28 bits per heavy atom. The Kier molecular flexibility index (Phi) is 4.44. The molecule has 1 aromatic rings. The first kappa shape index (κ1) is 13.2. The largest absolute Gasteiger partial charge is 0.508 e. The van der Waals surface area contributed by atoms with E-state index in [4.69, 9.17) is 9.84 Å². The third-order valence-electron chi connectivity index (χ3n) is 3.50. The maximum atomic E-state index is 9.89. The van der Waals surface area contributed by atoms with Gasteiger partial charge in [0.25, 0.3) is 0 Å². The maximum Gasteiger partial charge on any atom is 0.120 e. The Morgan fingerprint density at radius 1 is 1.44 bits per heavy atom. The van der Waals surface area contributed by atoms with Crippen LogP contribution in [0.4, 0.5) is 5.69 Å². The van der Waals surface area contributed by atoms with Crippen LogP contribution in [-0.4, -0.2) is 43.6 Å². The number of phenolic OH excluding ortho intramolecular Hbond substituents is 1. The zero-order valence-corrected chi connectivity index (χ0v) is 10.8. The van der Waals surface area contributed by atoms with Crippen molar-refractivity contribution in [3.63, 3.8) is 0 Å². The van der Waals surface area contributed by atoms with Crippen LogP contribution >= 0.6 is 0 Å². The van der Waals surface area contributed by atoms with Gasteiger partial charge < -0.3 is 19.8 Å². The number of hydrogen-bond acceptors (Lipinski definition) is 4. The van der Waals surface area contributed by atoms with Crippen LogP contribution in [0.1, 0.15) is 12.0 Å². The lowest BCUT2D eigenvalue weighted by Gasteiger charge is -2.19. The minimum Gasteiger partial charge on any atom is -0.508 e. The monoisotopic (exact) mass is 251 g/mol. The van der Waals surface area contributed by atoms with Crippen LogP contribution in [0.2, 0.25) is 0 Å². The van der Waals surface area contributed by atoms with E-state index in [1.165, 1.54) is 0 Å². The summed E-state index contributed by atoms with van der Waals surface area (Å²) in [6.07, 6.45) is 1.63. The molecule has 4 nitrogen and oxygen atoms in total. The summed E-state index contributed by atoms with van der Waals surface area (Å²) in [7, 11) is 1.73. The Morgan fingerprint density at radius 3 is 2.94 bits per heavy atom. The van der Waals surface area contributed by atoms with Crippen molar-refractivity contribution in [3.8, 4) is 5.75 Å².